The molecule has 4 heteroatoms. The lowest BCUT2D eigenvalue weighted by Gasteiger charge is -2.26. The largest absolute Gasteiger partial charge is 0.496 e. The Morgan fingerprint density at radius 1 is 1.47 bits per heavy atom. The van der Waals surface area contributed by atoms with Crippen LogP contribution in [0.25, 0.3) is 0 Å². The van der Waals surface area contributed by atoms with Crippen LogP contribution in [0.5, 0.6) is 0 Å². The fourth-order valence-corrected chi connectivity index (χ4v) is 2.47. The minimum absolute atomic E-state index is 0.295. The standard InChI is InChI=1S/C15H19ClFNO/c1-2-9-18-15(13-8-3-4-10-19-13)14-11(16)6-5-7-12(14)17/h5-8,15,18H,2-4,9-10H2,1H3. The maximum absolute atomic E-state index is 14.1. The zero-order valence-electron chi connectivity index (χ0n) is 11.1. The Morgan fingerprint density at radius 3 is 2.95 bits per heavy atom. The minimum atomic E-state index is -0.297. The first kappa shape index (κ1) is 14.4. The van der Waals surface area contributed by atoms with E-state index >= 15 is 0 Å². The van der Waals surface area contributed by atoms with Gasteiger partial charge < -0.3 is 10.1 Å². The molecule has 19 heavy (non-hydrogen) atoms. The number of rotatable bonds is 5. The third-order valence-corrected chi connectivity index (χ3v) is 3.46. The molecule has 0 fully saturated rings. The summed E-state index contributed by atoms with van der Waals surface area (Å²) in [4.78, 5) is 0. The monoisotopic (exact) mass is 283 g/mol. The van der Waals surface area contributed by atoms with Gasteiger partial charge in [-0.05, 0) is 44.0 Å². The summed E-state index contributed by atoms with van der Waals surface area (Å²) >= 11 is 6.16. The maximum Gasteiger partial charge on any atom is 0.129 e. The number of hydrogen-bond donors (Lipinski definition) is 1. The summed E-state index contributed by atoms with van der Waals surface area (Å²) in [6.45, 7) is 3.54. The predicted molar refractivity (Wildman–Crippen MR) is 75.7 cm³/mol. The molecule has 0 saturated carbocycles. The average Bonchev–Trinajstić information content (AvgIpc) is 2.43. The predicted octanol–water partition coefficient (Wildman–Crippen LogP) is 4.21. The Morgan fingerprint density at radius 2 is 2.32 bits per heavy atom. The van der Waals surface area contributed by atoms with E-state index < -0.39 is 0 Å². The normalized spacial score (nSPS) is 16.7. The molecule has 0 aliphatic carbocycles. The number of hydrogen-bond acceptors (Lipinski definition) is 2. The lowest BCUT2D eigenvalue weighted by molar-refractivity contribution is 0.166. The van der Waals surface area contributed by atoms with Crippen molar-refractivity contribution in [3.63, 3.8) is 0 Å². The van der Waals surface area contributed by atoms with Crippen LogP contribution in [-0.4, -0.2) is 13.2 Å². The highest BCUT2D eigenvalue weighted by Crippen LogP contribution is 2.32. The quantitative estimate of drug-likeness (QED) is 0.874. The van der Waals surface area contributed by atoms with E-state index in [0.29, 0.717) is 17.2 Å². The van der Waals surface area contributed by atoms with Gasteiger partial charge in [0.05, 0.1) is 12.6 Å². The minimum Gasteiger partial charge on any atom is -0.496 e. The number of allylic oxidation sites excluding steroid dienone is 1. The summed E-state index contributed by atoms with van der Waals surface area (Å²) in [7, 11) is 0. The van der Waals surface area contributed by atoms with E-state index in [1.807, 2.05) is 6.08 Å². The van der Waals surface area contributed by atoms with Gasteiger partial charge in [-0.25, -0.2) is 4.39 Å². The van der Waals surface area contributed by atoms with Gasteiger partial charge in [0.25, 0.3) is 0 Å². The molecule has 0 saturated heterocycles. The van der Waals surface area contributed by atoms with Crippen LogP contribution in [0.2, 0.25) is 5.02 Å². The molecule has 0 aromatic heterocycles. The number of ether oxygens (including phenoxy) is 1. The first-order valence-electron chi connectivity index (χ1n) is 6.74. The lowest BCUT2D eigenvalue weighted by atomic mass is 10.0. The van der Waals surface area contributed by atoms with Gasteiger partial charge in [-0.2, -0.15) is 0 Å². The fraction of sp³-hybridized carbons (Fsp3) is 0.467. The van der Waals surface area contributed by atoms with Crippen molar-refractivity contribution in [3.8, 4) is 0 Å². The Balaban J connectivity index is 2.33. The Kier molecular flexibility index (Phi) is 5.23. The van der Waals surface area contributed by atoms with Gasteiger partial charge in [-0.3, -0.25) is 0 Å². The highest BCUT2D eigenvalue weighted by Gasteiger charge is 2.24. The van der Waals surface area contributed by atoms with Gasteiger partial charge in [-0.15, -0.1) is 0 Å². The van der Waals surface area contributed by atoms with E-state index in [4.69, 9.17) is 16.3 Å². The molecule has 1 unspecified atom stereocenters. The van der Waals surface area contributed by atoms with Crippen LogP contribution >= 0.6 is 11.6 Å². The summed E-state index contributed by atoms with van der Waals surface area (Å²) in [5.74, 6) is 0.489. The van der Waals surface area contributed by atoms with E-state index in [-0.39, 0.29) is 11.9 Å². The summed E-state index contributed by atoms with van der Waals surface area (Å²) in [5, 5.41) is 3.75. The highest BCUT2D eigenvalue weighted by molar-refractivity contribution is 6.31. The summed E-state index contributed by atoms with van der Waals surface area (Å²) < 4.78 is 19.8. The van der Waals surface area contributed by atoms with Crippen LogP contribution in [0.1, 0.15) is 37.8 Å². The SMILES string of the molecule is CCCNC(C1=CCCCO1)c1c(F)cccc1Cl. The first-order valence-corrected chi connectivity index (χ1v) is 7.12. The van der Waals surface area contributed by atoms with E-state index in [9.17, 15) is 4.39 Å². The third kappa shape index (κ3) is 3.48. The van der Waals surface area contributed by atoms with Crippen molar-refractivity contribution >= 4 is 11.6 Å². The molecule has 0 amide bonds. The maximum atomic E-state index is 14.1. The van der Waals surface area contributed by atoms with E-state index in [2.05, 4.69) is 12.2 Å². The second-order valence-electron chi connectivity index (χ2n) is 4.62. The van der Waals surface area contributed by atoms with Crippen LogP contribution in [0, 0.1) is 5.82 Å². The van der Waals surface area contributed by atoms with Crippen molar-refractivity contribution in [2.24, 2.45) is 0 Å². The second-order valence-corrected chi connectivity index (χ2v) is 5.03. The molecule has 1 aromatic rings. The molecule has 1 atom stereocenters. The van der Waals surface area contributed by atoms with Crippen LogP contribution in [0.15, 0.2) is 30.0 Å². The molecule has 1 aliphatic rings. The molecule has 2 nitrogen and oxygen atoms in total. The van der Waals surface area contributed by atoms with Crippen LogP contribution in [0.4, 0.5) is 4.39 Å². The number of nitrogens with one attached hydrogen (secondary N) is 1. The van der Waals surface area contributed by atoms with Gasteiger partial charge >= 0.3 is 0 Å². The van der Waals surface area contributed by atoms with Crippen molar-refractivity contribution in [1.29, 1.82) is 0 Å². The average molecular weight is 284 g/mol. The first-order chi connectivity index (χ1) is 9.24. The summed E-state index contributed by atoms with van der Waals surface area (Å²) in [6, 6.07) is 4.47. The zero-order chi connectivity index (χ0) is 13.7. The number of halogens is 2. The van der Waals surface area contributed by atoms with E-state index in [0.717, 1.165) is 31.6 Å². The van der Waals surface area contributed by atoms with Crippen molar-refractivity contribution < 1.29 is 9.13 Å². The van der Waals surface area contributed by atoms with Gasteiger partial charge in [0.1, 0.15) is 11.6 Å². The van der Waals surface area contributed by atoms with Gasteiger partial charge in [-0.1, -0.05) is 24.6 Å². The molecular weight excluding hydrogens is 265 g/mol. The van der Waals surface area contributed by atoms with Crippen molar-refractivity contribution in [2.45, 2.75) is 32.2 Å². The lowest BCUT2D eigenvalue weighted by Crippen LogP contribution is -2.27. The Hall–Kier alpha value is -1.06. The van der Waals surface area contributed by atoms with Crippen molar-refractivity contribution in [2.75, 3.05) is 13.2 Å². The molecule has 1 N–H and O–H groups in total. The molecule has 1 aromatic carbocycles. The molecule has 0 bridgehead atoms. The van der Waals surface area contributed by atoms with Crippen LogP contribution in [-0.2, 0) is 4.74 Å². The summed E-state index contributed by atoms with van der Waals surface area (Å²) in [6.07, 6.45) is 4.97. The van der Waals surface area contributed by atoms with E-state index in [1.165, 1.54) is 6.07 Å². The van der Waals surface area contributed by atoms with Gasteiger partial charge in [0, 0.05) is 10.6 Å². The van der Waals surface area contributed by atoms with Crippen LogP contribution < -0.4 is 5.32 Å². The summed E-state index contributed by atoms with van der Waals surface area (Å²) in [5.41, 5.74) is 0.478. The Bertz CT molecular complexity index is 441. The van der Waals surface area contributed by atoms with Crippen LogP contribution in [0.3, 0.4) is 0 Å². The Labute approximate surface area is 118 Å². The molecule has 0 radical (unpaired) electrons. The van der Waals surface area contributed by atoms with Crippen molar-refractivity contribution in [1.82, 2.24) is 5.32 Å². The van der Waals surface area contributed by atoms with Crippen molar-refractivity contribution in [3.05, 3.63) is 46.4 Å². The van der Waals surface area contributed by atoms with Gasteiger partial charge in [0.15, 0.2) is 0 Å². The third-order valence-electron chi connectivity index (χ3n) is 3.13. The molecule has 1 aliphatic heterocycles. The topological polar surface area (TPSA) is 21.3 Å². The molecular formula is C15H19ClFNO. The zero-order valence-corrected chi connectivity index (χ0v) is 11.8. The molecule has 104 valence electrons. The van der Waals surface area contributed by atoms with Gasteiger partial charge in [0.2, 0.25) is 0 Å². The number of benzene rings is 1. The molecule has 1 heterocycles. The second kappa shape index (κ2) is 6.92. The van der Waals surface area contributed by atoms with E-state index in [1.54, 1.807) is 12.1 Å². The molecule has 0 spiro atoms. The highest BCUT2D eigenvalue weighted by atomic mass is 35.5. The smallest absolute Gasteiger partial charge is 0.129 e. The fourth-order valence-electron chi connectivity index (χ4n) is 2.20. The molecule has 2 rings (SSSR count).